The maximum absolute atomic E-state index is 12.8. The van der Waals surface area contributed by atoms with E-state index in [1.165, 1.54) is 17.4 Å². The summed E-state index contributed by atoms with van der Waals surface area (Å²) in [6.45, 7) is 2.14. The standard InChI is InChI=1S/C19H19ClN2O2/c1-14(23)22(17-9-4-8-16(20)12-17)13-19(24)21-11-5-7-15-6-2-3-10-18(15)21/h2-4,6,8-10,12H,5,7,11,13H2,1H3. The highest BCUT2D eigenvalue weighted by molar-refractivity contribution is 6.31. The molecule has 0 aliphatic carbocycles. The lowest BCUT2D eigenvalue weighted by molar-refractivity contribution is -0.121. The molecule has 1 aliphatic heterocycles. The predicted octanol–water partition coefficient (Wildman–Crippen LogP) is 3.67. The van der Waals surface area contributed by atoms with Gasteiger partial charge in [0.2, 0.25) is 11.8 Å². The van der Waals surface area contributed by atoms with E-state index in [4.69, 9.17) is 11.6 Å². The molecule has 0 saturated carbocycles. The van der Waals surface area contributed by atoms with E-state index in [0.29, 0.717) is 17.3 Å². The van der Waals surface area contributed by atoms with Crippen LogP contribution in [0.15, 0.2) is 48.5 Å². The molecule has 0 saturated heterocycles. The highest BCUT2D eigenvalue weighted by Gasteiger charge is 2.25. The van der Waals surface area contributed by atoms with Gasteiger partial charge in [0, 0.05) is 29.9 Å². The van der Waals surface area contributed by atoms with E-state index in [2.05, 4.69) is 6.07 Å². The van der Waals surface area contributed by atoms with Gasteiger partial charge in [0.05, 0.1) is 0 Å². The summed E-state index contributed by atoms with van der Waals surface area (Å²) in [6.07, 6.45) is 1.91. The van der Waals surface area contributed by atoms with Crippen molar-refractivity contribution in [2.75, 3.05) is 22.9 Å². The normalized spacial score (nSPS) is 13.3. The van der Waals surface area contributed by atoms with Crippen LogP contribution in [-0.2, 0) is 16.0 Å². The van der Waals surface area contributed by atoms with Crippen molar-refractivity contribution < 1.29 is 9.59 Å². The molecule has 2 aromatic carbocycles. The number of halogens is 1. The number of anilines is 2. The summed E-state index contributed by atoms with van der Waals surface area (Å²) in [5, 5.41) is 0.537. The summed E-state index contributed by atoms with van der Waals surface area (Å²) in [5.41, 5.74) is 2.76. The van der Waals surface area contributed by atoms with E-state index >= 15 is 0 Å². The van der Waals surface area contributed by atoms with Crippen molar-refractivity contribution in [1.82, 2.24) is 0 Å². The monoisotopic (exact) mass is 342 g/mol. The molecule has 0 spiro atoms. The van der Waals surface area contributed by atoms with Crippen LogP contribution in [0.3, 0.4) is 0 Å². The molecule has 0 unspecified atom stereocenters. The Morgan fingerprint density at radius 1 is 1.17 bits per heavy atom. The number of carbonyl (C=O) groups excluding carboxylic acids is 2. The van der Waals surface area contributed by atoms with Crippen molar-refractivity contribution >= 4 is 34.8 Å². The zero-order valence-electron chi connectivity index (χ0n) is 13.5. The second kappa shape index (κ2) is 7.05. The lowest BCUT2D eigenvalue weighted by Gasteiger charge is -2.31. The van der Waals surface area contributed by atoms with Crippen LogP contribution in [-0.4, -0.2) is 24.9 Å². The topological polar surface area (TPSA) is 40.6 Å². The number of aryl methyl sites for hydroxylation is 1. The Hall–Kier alpha value is -2.33. The molecule has 0 aromatic heterocycles. The van der Waals surface area contributed by atoms with Gasteiger partial charge in [-0.15, -0.1) is 0 Å². The summed E-state index contributed by atoms with van der Waals surface area (Å²) in [5.74, 6) is -0.270. The molecule has 24 heavy (non-hydrogen) atoms. The number of nitrogens with zero attached hydrogens (tertiary/aromatic N) is 2. The van der Waals surface area contributed by atoms with Gasteiger partial charge in [-0.05, 0) is 42.7 Å². The molecule has 124 valence electrons. The van der Waals surface area contributed by atoms with Gasteiger partial charge in [-0.3, -0.25) is 9.59 Å². The third-order valence-corrected chi connectivity index (χ3v) is 4.44. The molecular formula is C19H19ClN2O2. The van der Waals surface area contributed by atoms with E-state index < -0.39 is 0 Å². The van der Waals surface area contributed by atoms with Crippen LogP contribution in [0.4, 0.5) is 11.4 Å². The van der Waals surface area contributed by atoms with Crippen molar-refractivity contribution in [2.45, 2.75) is 19.8 Å². The van der Waals surface area contributed by atoms with Crippen LogP contribution in [0.2, 0.25) is 5.02 Å². The quantitative estimate of drug-likeness (QED) is 0.853. The first-order valence-electron chi connectivity index (χ1n) is 7.98. The van der Waals surface area contributed by atoms with Crippen LogP contribution in [0.25, 0.3) is 0 Å². The average Bonchev–Trinajstić information content (AvgIpc) is 2.58. The molecule has 1 aliphatic rings. The fourth-order valence-corrected chi connectivity index (χ4v) is 3.23. The van der Waals surface area contributed by atoms with Crippen molar-refractivity contribution in [1.29, 1.82) is 0 Å². The van der Waals surface area contributed by atoms with Gasteiger partial charge in [-0.25, -0.2) is 0 Å². The Balaban J connectivity index is 1.84. The highest BCUT2D eigenvalue weighted by Crippen LogP contribution is 2.27. The molecule has 0 atom stereocenters. The first-order chi connectivity index (χ1) is 11.6. The van der Waals surface area contributed by atoms with E-state index in [9.17, 15) is 9.59 Å². The lowest BCUT2D eigenvalue weighted by atomic mass is 10.0. The van der Waals surface area contributed by atoms with Gasteiger partial charge in [-0.2, -0.15) is 0 Å². The number of benzene rings is 2. The van der Waals surface area contributed by atoms with Crippen molar-refractivity contribution in [3.63, 3.8) is 0 Å². The zero-order valence-corrected chi connectivity index (χ0v) is 14.3. The highest BCUT2D eigenvalue weighted by atomic mass is 35.5. The van der Waals surface area contributed by atoms with Crippen molar-refractivity contribution in [3.05, 3.63) is 59.1 Å². The number of para-hydroxylation sites is 1. The van der Waals surface area contributed by atoms with E-state index in [-0.39, 0.29) is 18.4 Å². The van der Waals surface area contributed by atoms with Gasteiger partial charge in [0.15, 0.2) is 0 Å². The van der Waals surface area contributed by atoms with Gasteiger partial charge < -0.3 is 9.80 Å². The number of hydrogen-bond acceptors (Lipinski definition) is 2. The second-order valence-corrected chi connectivity index (χ2v) is 6.30. The molecule has 1 heterocycles. The maximum atomic E-state index is 12.8. The Morgan fingerprint density at radius 3 is 2.71 bits per heavy atom. The van der Waals surface area contributed by atoms with Crippen LogP contribution in [0, 0.1) is 0 Å². The molecule has 0 N–H and O–H groups in total. The Labute approximate surface area is 146 Å². The Bertz CT molecular complexity index is 775. The van der Waals surface area contributed by atoms with Crippen LogP contribution >= 0.6 is 11.6 Å². The van der Waals surface area contributed by atoms with E-state index in [0.717, 1.165) is 18.5 Å². The fraction of sp³-hybridized carbons (Fsp3) is 0.263. The molecule has 5 heteroatoms. The minimum atomic E-state index is -0.184. The van der Waals surface area contributed by atoms with Gasteiger partial charge in [0.25, 0.3) is 0 Å². The Morgan fingerprint density at radius 2 is 1.96 bits per heavy atom. The number of fused-ring (bicyclic) bond motifs is 1. The third-order valence-electron chi connectivity index (χ3n) is 4.20. The fourth-order valence-electron chi connectivity index (χ4n) is 3.04. The smallest absolute Gasteiger partial charge is 0.247 e. The average molecular weight is 343 g/mol. The summed E-state index contributed by atoms with van der Waals surface area (Å²) < 4.78 is 0. The maximum Gasteiger partial charge on any atom is 0.247 e. The number of hydrogen-bond donors (Lipinski definition) is 0. The van der Waals surface area contributed by atoms with E-state index in [1.54, 1.807) is 29.2 Å². The molecule has 3 rings (SSSR count). The summed E-state index contributed by atoms with van der Waals surface area (Å²) in [4.78, 5) is 28.1. The molecule has 0 bridgehead atoms. The molecule has 2 amide bonds. The van der Waals surface area contributed by atoms with Crippen molar-refractivity contribution in [2.24, 2.45) is 0 Å². The molecule has 4 nitrogen and oxygen atoms in total. The lowest BCUT2D eigenvalue weighted by Crippen LogP contribution is -2.44. The first kappa shape index (κ1) is 16.5. The minimum Gasteiger partial charge on any atom is -0.311 e. The van der Waals surface area contributed by atoms with Crippen LogP contribution in [0.1, 0.15) is 18.9 Å². The zero-order chi connectivity index (χ0) is 17.1. The van der Waals surface area contributed by atoms with Gasteiger partial charge in [0.1, 0.15) is 6.54 Å². The summed E-state index contributed by atoms with van der Waals surface area (Å²) in [6, 6.07) is 14.9. The number of carbonyl (C=O) groups is 2. The molecular weight excluding hydrogens is 324 g/mol. The minimum absolute atomic E-state index is 0.00398. The Kier molecular flexibility index (Phi) is 4.86. The third kappa shape index (κ3) is 3.44. The van der Waals surface area contributed by atoms with Crippen LogP contribution in [0.5, 0.6) is 0 Å². The molecule has 0 radical (unpaired) electrons. The van der Waals surface area contributed by atoms with Crippen molar-refractivity contribution in [3.8, 4) is 0 Å². The summed E-state index contributed by atoms with van der Waals surface area (Å²) in [7, 11) is 0. The number of rotatable bonds is 3. The van der Waals surface area contributed by atoms with Gasteiger partial charge in [-0.1, -0.05) is 35.9 Å². The number of amides is 2. The van der Waals surface area contributed by atoms with Gasteiger partial charge >= 0.3 is 0 Å². The largest absolute Gasteiger partial charge is 0.311 e. The first-order valence-corrected chi connectivity index (χ1v) is 8.36. The van der Waals surface area contributed by atoms with Crippen LogP contribution < -0.4 is 9.80 Å². The SMILES string of the molecule is CC(=O)N(CC(=O)N1CCCc2ccccc21)c1cccc(Cl)c1. The summed E-state index contributed by atoms with van der Waals surface area (Å²) >= 11 is 6.01. The molecule has 0 fully saturated rings. The predicted molar refractivity (Wildman–Crippen MR) is 96.6 cm³/mol. The second-order valence-electron chi connectivity index (χ2n) is 5.86. The molecule has 2 aromatic rings. The van der Waals surface area contributed by atoms with E-state index in [1.807, 2.05) is 18.2 Å².